The number of amides is 2. The van der Waals surface area contributed by atoms with Crippen molar-refractivity contribution >= 4 is 18.0 Å². The molecule has 2 fully saturated rings. The van der Waals surface area contributed by atoms with Crippen LogP contribution in [0.25, 0.3) is 0 Å². The average molecular weight is 331 g/mol. The first-order valence-corrected chi connectivity index (χ1v) is 8.65. The second-order valence-electron chi connectivity index (χ2n) is 6.29. The predicted molar refractivity (Wildman–Crippen MR) is 92.0 cm³/mol. The Morgan fingerprint density at radius 3 is 2.29 bits per heavy atom. The molecule has 0 aliphatic carbocycles. The molecular weight excluding hydrogens is 306 g/mol. The van der Waals surface area contributed by atoms with E-state index >= 15 is 0 Å². The van der Waals surface area contributed by atoms with Crippen molar-refractivity contribution in [3.8, 4) is 0 Å². The Hall–Kier alpha value is -2.08. The van der Waals surface area contributed by atoms with E-state index in [2.05, 4.69) is 29.2 Å². The third kappa shape index (κ3) is 4.26. The Bertz CT molecular complexity index is 547. The Morgan fingerprint density at radius 1 is 1.00 bits per heavy atom. The Morgan fingerprint density at radius 2 is 1.67 bits per heavy atom. The molecule has 2 aliphatic heterocycles. The van der Waals surface area contributed by atoms with E-state index in [9.17, 15) is 9.59 Å². The van der Waals surface area contributed by atoms with Crippen molar-refractivity contribution in [2.24, 2.45) is 0 Å². The van der Waals surface area contributed by atoms with Crippen LogP contribution in [0.3, 0.4) is 0 Å². The van der Waals surface area contributed by atoms with E-state index < -0.39 is 0 Å². The molecule has 2 aliphatic rings. The molecular formula is C18H25N3O3. The molecule has 2 saturated heterocycles. The number of ether oxygens (including phenoxy) is 1. The fourth-order valence-corrected chi connectivity index (χ4v) is 3.18. The summed E-state index contributed by atoms with van der Waals surface area (Å²) in [4.78, 5) is 28.9. The van der Waals surface area contributed by atoms with E-state index in [0.717, 1.165) is 39.1 Å². The maximum absolute atomic E-state index is 12.3. The molecule has 0 bridgehead atoms. The number of benzene rings is 1. The van der Waals surface area contributed by atoms with E-state index in [1.54, 1.807) is 4.90 Å². The topological polar surface area (TPSA) is 53.1 Å². The lowest BCUT2D eigenvalue weighted by Gasteiger charge is -2.32. The minimum atomic E-state index is 0.179. The highest BCUT2D eigenvalue weighted by Crippen LogP contribution is 2.17. The highest BCUT2D eigenvalue weighted by molar-refractivity contribution is 5.76. The molecule has 0 atom stereocenters. The third-order valence-corrected chi connectivity index (χ3v) is 4.76. The molecule has 1 aromatic rings. The first-order valence-electron chi connectivity index (χ1n) is 8.65. The SMILES string of the molecule is O=CN1CCN(C(=O)CCc2ccc(N3CCOCC3)cc2)CC1. The van der Waals surface area contributed by atoms with E-state index in [1.807, 2.05) is 4.90 Å². The van der Waals surface area contributed by atoms with Crippen molar-refractivity contribution in [1.29, 1.82) is 0 Å². The van der Waals surface area contributed by atoms with Gasteiger partial charge in [-0.05, 0) is 24.1 Å². The zero-order valence-corrected chi connectivity index (χ0v) is 14.0. The number of anilines is 1. The Balaban J connectivity index is 1.46. The second-order valence-corrected chi connectivity index (χ2v) is 6.29. The molecule has 3 rings (SSSR count). The normalized spacial score (nSPS) is 18.6. The van der Waals surface area contributed by atoms with Crippen LogP contribution in [-0.4, -0.2) is 74.6 Å². The lowest BCUT2D eigenvalue weighted by Crippen LogP contribution is -2.48. The fourth-order valence-electron chi connectivity index (χ4n) is 3.18. The van der Waals surface area contributed by atoms with Gasteiger partial charge in [-0.15, -0.1) is 0 Å². The molecule has 0 aromatic heterocycles. The number of rotatable bonds is 5. The molecule has 0 radical (unpaired) electrons. The van der Waals surface area contributed by atoms with Gasteiger partial charge < -0.3 is 19.4 Å². The molecule has 130 valence electrons. The van der Waals surface area contributed by atoms with Gasteiger partial charge in [-0.2, -0.15) is 0 Å². The van der Waals surface area contributed by atoms with Crippen molar-refractivity contribution in [2.45, 2.75) is 12.8 Å². The molecule has 0 N–H and O–H groups in total. The standard InChI is InChI=1S/C18H25N3O3/c22-15-19-7-9-21(10-8-19)18(23)6-3-16-1-4-17(5-2-16)20-11-13-24-14-12-20/h1-2,4-5,15H,3,6-14H2. The van der Waals surface area contributed by atoms with Gasteiger partial charge in [0.1, 0.15) is 0 Å². The van der Waals surface area contributed by atoms with Crippen molar-refractivity contribution in [2.75, 3.05) is 57.4 Å². The van der Waals surface area contributed by atoms with Gasteiger partial charge in [-0.25, -0.2) is 0 Å². The highest BCUT2D eigenvalue weighted by Gasteiger charge is 2.19. The largest absolute Gasteiger partial charge is 0.378 e. The maximum atomic E-state index is 12.3. The summed E-state index contributed by atoms with van der Waals surface area (Å²) in [5, 5.41) is 0. The minimum Gasteiger partial charge on any atom is -0.378 e. The number of piperazine rings is 1. The third-order valence-electron chi connectivity index (χ3n) is 4.76. The van der Waals surface area contributed by atoms with Crippen LogP contribution in [-0.2, 0) is 20.7 Å². The number of hydrogen-bond donors (Lipinski definition) is 0. The summed E-state index contributed by atoms with van der Waals surface area (Å²) in [6.07, 6.45) is 2.14. The van der Waals surface area contributed by atoms with Crippen LogP contribution in [0.4, 0.5) is 5.69 Å². The van der Waals surface area contributed by atoms with Crippen LogP contribution >= 0.6 is 0 Å². The summed E-state index contributed by atoms with van der Waals surface area (Å²) in [6.45, 7) is 6.02. The van der Waals surface area contributed by atoms with Gasteiger partial charge in [0.05, 0.1) is 13.2 Å². The van der Waals surface area contributed by atoms with Crippen LogP contribution in [0.5, 0.6) is 0 Å². The molecule has 2 heterocycles. The summed E-state index contributed by atoms with van der Waals surface area (Å²) in [5.41, 5.74) is 2.41. The molecule has 0 saturated carbocycles. The van der Waals surface area contributed by atoms with Gasteiger partial charge in [-0.3, -0.25) is 9.59 Å². The lowest BCUT2D eigenvalue weighted by molar-refractivity contribution is -0.135. The molecule has 6 heteroatoms. The second kappa shape index (κ2) is 8.15. The monoisotopic (exact) mass is 331 g/mol. The predicted octanol–water partition coefficient (Wildman–Crippen LogP) is 0.756. The van der Waals surface area contributed by atoms with Gasteiger partial charge in [-0.1, -0.05) is 12.1 Å². The molecule has 1 aromatic carbocycles. The first-order chi connectivity index (χ1) is 11.8. The number of hydrogen-bond acceptors (Lipinski definition) is 4. The number of carbonyl (C=O) groups is 2. The summed E-state index contributed by atoms with van der Waals surface area (Å²) >= 11 is 0. The zero-order chi connectivity index (χ0) is 16.8. The van der Waals surface area contributed by atoms with Crippen LogP contribution in [0.2, 0.25) is 0 Å². The van der Waals surface area contributed by atoms with Gasteiger partial charge in [0, 0.05) is 51.4 Å². The summed E-state index contributed by atoms with van der Waals surface area (Å²) in [7, 11) is 0. The van der Waals surface area contributed by atoms with E-state index in [4.69, 9.17) is 4.74 Å². The Kier molecular flexibility index (Phi) is 5.69. The van der Waals surface area contributed by atoms with E-state index in [1.165, 1.54) is 11.3 Å². The minimum absolute atomic E-state index is 0.179. The summed E-state index contributed by atoms with van der Waals surface area (Å²) in [5.74, 6) is 0.179. The number of aryl methyl sites for hydroxylation is 1. The first kappa shape index (κ1) is 16.8. The van der Waals surface area contributed by atoms with Crippen LogP contribution < -0.4 is 4.90 Å². The highest BCUT2D eigenvalue weighted by atomic mass is 16.5. The van der Waals surface area contributed by atoms with Crippen LogP contribution in [0.1, 0.15) is 12.0 Å². The number of morpholine rings is 1. The fraction of sp³-hybridized carbons (Fsp3) is 0.556. The van der Waals surface area contributed by atoms with Crippen molar-refractivity contribution in [1.82, 2.24) is 9.80 Å². The number of nitrogens with zero attached hydrogens (tertiary/aromatic N) is 3. The summed E-state index contributed by atoms with van der Waals surface area (Å²) < 4.78 is 5.38. The molecule has 0 spiro atoms. The zero-order valence-electron chi connectivity index (χ0n) is 14.0. The van der Waals surface area contributed by atoms with Crippen molar-refractivity contribution < 1.29 is 14.3 Å². The van der Waals surface area contributed by atoms with Crippen molar-refractivity contribution in [3.63, 3.8) is 0 Å². The Labute approximate surface area is 143 Å². The van der Waals surface area contributed by atoms with Crippen molar-refractivity contribution in [3.05, 3.63) is 29.8 Å². The quantitative estimate of drug-likeness (QED) is 0.748. The van der Waals surface area contributed by atoms with Crippen LogP contribution in [0, 0.1) is 0 Å². The van der Waals surface area contributed by atoms with Gasteiger partial charge in [0.15, 0.2) is 0 Å². The lowest BCUT2D eigenvalue weighted by atomic mass is 10.1. The van der Waals surface area contributed by atoms with Gasteiger partial charge in [0.2, 0.25) is 12.3 Å². The molecule has 24 heavy (non-hydrogen) atoms. The van der Waals surface area contributed by atoms with Gasteiger partial charge >= 0.3 is 0 Å². The van der Waals surface area contributed by atoms with E-state index in [-0.39, 0.29) is 5.91 Å². The maximum Gasteiger partial charge on any atom is 0.223 e. The number of carbonyl (C=O) groups excluding carboxylic acids is 2. The average Bonchev–Trinajstić information content (AvgIpc) is 2.67. The smallest absolute Gasteiger partial charge is 0.223 e. The van der Waals surface area contributed by atoms with Gasteiger partial charge in [0.25, 0.3) is 0 Å². The van der Waals surface area contributed by atoms with E-state index in [0.29, 0.717) is 32.6 Å². The molecule has 0 unspecified atom stereocenters. The molecule has 2 amide bonds. The molecule has 6 nitrogen and oxygen atoms in total. The summed E-state index contributed by atoms with van der Waals surface area (Å²) in [6, 6.07) is 8.49. The van der Waals surface area contributed by atoms with Crippen LogP contribution in [0.15, 0.2) is 24.3 Å².